The van der Waals surface area contributed by atoms with E-state index in [-0.39, 0.29) is 0 Å². The van der Waals surface area contributed by atoms with Crippen molar-refractivity contribution in [3.8, 4) is 0 Å². The molecule has 2 heterocycles. The molecule has 1 aliphatic heterocycles. The van der Waals surface area contributed by atoms with Crippen molar-refractivity contribution in [1.82, 2.24) is 9.55 Å². The van der Waals surface area contributed by atoms with Crippen LogP contribution in [0.2, 0.25) is 0 Å². The molecule has 0 saturated heterocycles. The summed E-state index contributed by atoms with van der Waals surface area (Å²) in [6.45, 7) is 4.52. The highest BCUT2D eigenvalue weighted by Gasteiger charge is 2.17. The molecule has 1 N–H and O–H groups in total. The SMILES string of the molecule is C=C1CCn2c(=O)c(=O)[nH]c3cccc1c32. The van der Waals surface area contributed by atoms with Crippen LogP contribution in [0.3, 0.4) is 0 Å². The lowest BCUT2D eigenvalue weighted by molar-refractivity contribution is 0.691. The van der Waals surface area contributed by atoms with Gasteiger partial charge in [-0.3, -0.25) is 9.59 Å². The molecule has 80 valence electrons. The second-order valence-electron chi connectivity index (χ2n) is 3.97. The minimum absolute atomic E-state index is 0.479. The standard InChI is InChI=1S/C12H10N2O2/c1-7-5-6-14-10-8(7)3-2-4-9(10)13-11(15)12(14)16/h2-4H,1,5-6H2,(H,13,15). The van der Waals surface area contributed by atoms with Crippen LogP contribution in [0.15, 0.2) is 34.4 Å². The highest BCUT2D eigenvalue weighted by atomic mass is 16.2. The van der Waals surface area contributed by atoms with Crippen LogP contribution >= 0.6 is 0 Å². The maximum absolute atomic E-state index is 11.7. The van der Waals surface area contributed by atoms with Crippen LogP contribution in [0, 0.1) is 0 Å². The third-order valence-corrected chi connectivity index (χ3v) is 3.01. The van der Waals surface area contributed by atoms with Gasteiger partial charge in [0.25, 0.3) is 0 Å². The van der Waals surface area contributed by atoms with Gasteiger partial charge >= 0.3 is 11.1 Å². The van der Waals surface area contributed by atoms with E-state index < -0.39 is 11.1 Å². The van der Waals surface area contributed by atoms with Gasteiger partial charge in [-0.1, -0.05) is 18.7 Å². The van der Waals surface area contributed by atoms with Gasteiger partial charge in [0.1, 0.15) is 0 Å². The molecule has 2 aromatic rings. The molecule has 0 aliphatic carbocycles. The van der Waals surface area contributed by atoms with Gasteiger partial charge in [0.05, 0.1) is 11.0 Å². The van der Waals surface area contributed by atoms with E-state index in [0.29, 0.717) is 12.1 Å². The first kappa shape index (κ1) is 9.15. The molecule has 0 radical (unpaired) electrons. The van der Waals surface area contributed by atoms with Crippen molar-refractivity contribution >= 4 is 16.6 Å². The average molecular weight is 214 g/mol. The molecule has 3 rings (SSSR count). The molecule has 0 spiro atoms. The van der Waals surface area contributed by atoms with Crippen molar-refractivity contribution in [2.45, 2.75) is 13.0 Å². The summed E-state index contributed by atoms with van der Waals surface area (Å²) in [5, 5.41) is 0. The monoisotopic (exact) mass is 214 g/mol. The molecular weight excluding hydrogens is 204 g/mol. The first-order valence-corrected chi connectivity index (χ1v) is 5.12. The molecule has 0 bridgehead atoms. The number of rotatable bonds is 0. The summed E-state index contributed by atoms with van der Waals surface area (Å²) >= 11 is 0. The van der Waals surface area contributed by atoms with E-state index in [4.69, 9.17) is 0 Å². The lowest BCUT2D eigenvalue weighted by Gasteiger charge is -2.20. The van der Waals surface area contributed by atoms with Crippen LogP contribution in [-0.4, -0.2) is 9.55 Å². The third-order valence-electron chi connectivity index (χ3n) is 3.01. The summed E-state index contributed by atoms with van der Waals surface area (Å²) in [6, 6.07) is 5.59. The molecular formula is C12H10N2O2. The number of aryl methyl sites for hydroxylation is 1. The fourth-order valence-electron chi connectivity index (χ4n) is 2.22. The number of nitrogens with one attached hydrogen (secondary N) is 1. The molecule has 1 aromatic heterocycles. The first-order chi connectivity index (χ1) is 7.68. The van der Waals surface area contributed by atoms with E-state index in [1.165, 1.54) is 4.57 Å². The van der Waals surface area contributed by atoms with Gasteiger partial charge in [0.2, 0.25) is 0 Å². The minimum atomic E-state index is -0.558. The summed E-state index contributed by atoms with van der Waals surface area (Å²) in [4.78, 5) is 25.7. The Morgan fingerprint density at radius 3 is 2.94 bits per heavy atom. The van der Waals surface area contributed by atoms with Gasteiger partial charge < -0.3 is 9.55 Å². The van der Waals surface area contributed by atoms with Crippen LogP contribution in [-0.2, 0) is 6.54 Å². The predicted molar refractivity (Wildman–Crippen MR) is 62.5 cm³/mol. The van der Waals surface area contributed by atoms with E-state index in [1.807, 2.05) is 12.1 Å². The van der Waals surface area contributed by atoms with Crippen LogP contribution in [0.5, 0.6) is 0 Å². The van der Waals surface area contributed by atoms with E-state index in [2.05, 4.69) is 11.6 Å². The van der Waals surface area contributed by atoms with Crippen molar-refractivity contribution in [2.75, 3.05) is 0 Å². The van der Waals surface area contributed by atoms with Crippen molar-refractivity contribution in [3.63, 3.8) is 0 Å². The number of hydrogen-bond acceptors (Lipinski definition) is 2. The van der Waals surface area contributed by atoms with E-state index in [1.54, 1.807) is 6.07 Å². The topological polar surface area (TPSA) is 54.9 Å². The largest absolute Gasteiger partial charge is 0.316 e. The zero-order valence-corrected chi connectivity index (χ0v) is 8.62. The van der Waals surface area contributed by atoms with Gasteiger partial charge in [-0.2, -0.15) is 0 Å². The van der Waals surface area contributed by atoms with Crippen LogP contribution in [0.25, 0.3) is 16.6 Å². The molecule has 0 fully saturated rings. The first-order valence-electron chi connectivity index (χ1n) is 5.12. The number of allylic oxidation sites excluding steroid dienone is 1. The zero-order valence-electron chi connectivity index (χ0n) is 8.62. The van der Waals surface area contributed by atoms with E-state index in [9.17, 15) is 9.59 Å². The van der Waals surface area contributed by atoms with Gasteiger partial charge in [0.15, 0.2) is 0 Å². The predicted octanol–water partition coefficient (Wildman–Crippen LogP) is 1.11. The maximum atomic E-state index is 11.7. The molecule has 0 unspecified atom stereocenters. The Morgan fingerprint density at radius 1 is 1.31 bits per heavy atom. The highest BCUT2D eigenvalue weighted by molar-refractivity contribution is 5.89. The van der Waals surface area contributed by atoms with Gasteiger partial charge in [-0.25, -0.2) is 0 Å². The van der Waals surface area contributed by atoms with E-state index >= 15 is 0 Å². The Bertz CT molecular complexity index is 722. The summed E-state index contributed by atoms with van der Waals surface area (Å²) in [5.41, 5.74) is 2.42. The van der Waals surface area contributed by atoms with Crippen LogP contribution < -0.4 is 11.1 Å². The maximum Gasteiger partial charge on any atom is 0.316 e. The average Bonchev–Trinajstić information content (AvgIpc) is 2.28. The Kier molecular flexibility index (Phi) is 1.68. The Hall–Kier alpha value is -2.10. The quantitative estimate of drug-likeness (QED) is 0.668. The molecule has 1 aliphatic rings. The normalized spacial score (nSPS) is 14.4. The number of hydrogen-bond donors (Lipinski definition) is 1. The number of H-pyrrole nitrogens is 1. The molecule has 0 saturated carbocycles. The van der Waals surface area contributed by atoms with Crippen molar-refractivity contribution in [1.29, 1.82) is 0 Å². The summed E-state index contributed by atoms with van der Waals surface area (Å²) < 4.78 is 1.54. The number of benzene rings is 1. The smallest absolute Gasteiger partial charge is 0.316 e. The molecule has 4 nitrogen and oxygen atoms in total. The number of nitrogens with zero attached hydrogens (tertiary/aromatic N) is 1. The van der Waals surface area contributed by atoms with Crippen LogP contribution in [0.1, 0.15) is 12.0 Å². The molecule has 0 amide bonds. The van der Waals surface area contributed by atoms with Crippen molar-refractivity contribution in [3.05, 3.63) is 51.0 Å². The fraction of sp³-hybridized carbons (Fsp3) is 0.167. The van der Waals surface area contributed by atoms with Gasteiger partial charge in [-0.15, -0.1) is 0 Å². The number of aromatic nitrogens is 2. The lowest BCUT2D eigenvalue weighted by Crippen LogP contribution is -2.37. The number of aromatic amines is 1. The van der Waals surface area contributed by atoms with Gasteiger partial charge in [0, 0.05) is 12.1 Å². The molecule has 16 heavy (non-hydrogen) atoms. The summed E-state index contributed by atoms with van der Waals surface area (Å²) in [6.07, 6.45) is 0.718. The fourth-order valence-corrected chi connectivity index (χ4v) is 2.22. The van der Waals surface area contributed by atoms with Crippen molar-refractivity contribution in [2.24, 2.45) is 0 Å². The molecule has 4 heteroatoms. The second-order valence-corrected chi connectivity index (χ2v) is 3.97. The number of para-hydroxylation sites is 1. The van der Waals surface area contributed by atoms with Crippen molar-refractivity contribution < 1.29 is 0 Å². The van der Waals surface area contributed by atoms with Gasteiger partial charge in [-0.05, 0) is 18.1 Å². The Balaban J connectivity index is 2.65. The lowest BCUT2D eigenvalue weighted by atomic mass is 9.99. The Labute approximate surface area is 90.8 Å². The highest BCUT2D eigenvalue weighted by Crippen LogP contribution is 2.28. The second kappa shape index (κ2) is 2.95. The zero-order chi connectivity index (χ0) is 11.3. The Morgan fingerprint density at radius 2 is 2.12 bits per heavy atom. The van der Waals surface area contributed by atoms with E-state index in [0.717, 1.165) is 23.1 Å². The summed E-state index contributed by atoms with van der Waals surface area (Å²) in [7, 11) is 0. The van der Waals surface area contributed by atoms with Crippen LogP contribution in [0.4, 0.5) is 0 Å². The minimum Gasteiger partial charge on any atom is -0.316 e. The molecule has 1 aromatic carbocycles. The third kappa shape index (κ3) is 1.04. The summed E-state index contributed by atoms with van der Waals surface area (Å²) in [5.74, 6) is 0. The molecule has 0 atom stereocenters.